The molecular formula is C20H21N3O7S. The molecular weight excluding hydrogens is 426 g/mol. The number of methoxy groups -OCH3 is 1. The van der Waals surface area contributed by atoms with Gasteiger partial charge >= 0.3 is 11.9 Å². The molecule has 2 unspecified atom stereocenters. The molecule has 0 spiro atoms. The van der Waals surface area contributed by atoms with Crippen LogP contribution in [0.25, 0.3) is 0 Å². The Morgan fingerprint density at radius 1 is 1.10 bits per heavy atom. The quantitative estimate of drug-likeness (QED) is 0.658. The van der Waals surface area contributed by atoms with Crippen molar-refractivity contribution in [2.24, 2.45) is 5.92 Å². The van der Waals surface area contributed by atoms with Crippen LogP contribution in [-0.4, -0.2) is 54.5 Å². The zero-order chi connectivity index (χ0) is 22.3. The molecule has 31 heavy (non-hydrogen) atoms. The van der Waals surface area contributed by atoms with Crippen LogP contribution in [0, 0.1) is 5.92 Å². The van der Waals surface area contributed by atoms with Gasteiger partial charge in [-0.3, -0.25) is 9.59 Å². The predicted molar refractivity (Wildman–Crippen MR) is 110 cm³/mol. The number of hydrogen-bond donors (Lipinski definition) is 2. The van der Waals surface area contributed by atoms with Gasteiger partial charge in [0.2, 0.25) is 10.0 Å². The monoisotopic (exact) mass is 447 g/mol. The number of benzene rings is 1. The highest BCUT2D eigenvalue weighted by Gasteiger charge is 2.39. The molecule has 0 saturated carbocycles. The summed E-state index contributed by atoms with van der Waals surface area (Å²) >= 11 is 0. The molecule has 3 heterocycles. The summed E-state index contributed by atoms with van der Waals surface area (Å²) < 4.78 is 34.3. The number of carbonyl (C=O) groups excluding carboxylic acids is 1. The fourth-order valence-corrected chi connectivity index (χ4v) is 5.83. The summed E-state index contributed by atoms with van der Waals surface area (Å²) in [5.41, 5.74) is 0.0660. The Morgan fingerprint density at radius 3 is 2.45 bits per heavy atom. The van der Waals surface area contributed by atoms with Gasteiger partial charge < -0.3 is 19.7 Å². The fourth-order valence-electron chi connectivity index (χ4n) is 4.27. The number of carbonyl (C=O) groups is 2. The summed E-state index contributed by atoms with van der Waals surface area (Å²) in [5, 5.41) is 10.8. The maximum Gasteiger partial charge on any atom is 0.394 e. The van der Waals surface area contributed by atoms with E-state index >= 15 is 0 Å². The van der Waals surface area contributed by atoms with Gasteiger partial charge in [0.15, 0.2) is 0 Å². The van der Waals surface area contributed by atoms with E-state index in [4.69, 9.17) is 9.84 Å². The van der Waals surface area contributed by atoms with E-state index in [9.17, 15) is 22.8 Å². The fraction of sp³-hybridized carbons (Fsp3) is 0.350. The minimum atomic E-state index is -3.71. The number of hydrogen-bond acceptors (Lipinski definition) is 6. The Hall–Kier alpha value is -3.18. The number of amides is 1. The van der Waals surface area contributed by atoms with Crippen molar-refractivity contribution in [3.05, 3.63) is 52.4 Å². The number of carboxylic acid groups (broad SMARTS) is 1. The van der Waals surface area contributed by atoms with Crippen LogP contribution in [0.1, 0.15) is 18.0 Å². The summed E-state index contributed by atoms with van der Waals surface area (Å²) in [7, 11) is -2.20. The molecule has 2 aromatic rings. The van der Waals surface area contributed by atoms with E-state index in [1.54, 1.807) is 18.2 Å². The van der Waals surface area contributed by atoms with Crippen molar-refractivity contribution < 1.29 is 27.9 Å². The Bertz CT molecular complexity index is 1200. The number of nitrogens with one attached hydrogen (secondary N) is 1. The van der Waals surface area contributed by atoms with E-state index in [2.05, 4.69) is 5.32 Å². The second-order valence-corrected chi connectivity index (χ2v) is 9.58. The molecule has 164 valence electrons. The Kier molecular flexibility index (Phi) is 5.31. The van der Waals surface area contributed by atoms with Gasteiger partial charge in [-0.15, -0.1) is 0 Å². The molecule has 1 aromatic carbocycles. The molecule has 2 bridgehead atoms. The maximum absolute atomic E-state index is 13.1. The Morgan fingerprint density at radius 2 is 1.81 bits per heavy atom. The SMILES string of the molecule is COc1ccc(S(=O)(=O)N2CC3CC(C2)c2ccc(NC(=O)C(=O)O)c(=O)n2C3)cc1. The van der Waals surface area contributed by atoms with E-state index < -0.39 is 27.5 Å². The number of piperidine rings is 1. The van der Waals surface area contributed by atoms with Gasteiger partial charge in [-0.2, -0.15) is 4.31 Å². The van der Waals surface area contributed by atoms with Gasteiger partial charge in [0.1, 0.15) is 11.4 Å². The topological polar surface area (TPSA) is 135 Å². The van der Waals surface area contributed by atoms with Crippen LogP contribution >= 0.6 is 0 Å². The van der Waals surface area contributed by atoms with Crippen molar-refractivity contribution >= 4 is 27.6 Å². The summed E-state index contributed by atoms with van der Waals surface area (Å²) in [6, 6.07) is 9.22. The van der Waals surface area contributed by atoms with Crippen molar-refractivity contribution in [3.63, 3.8) is 0 Å². The van der Waals surface area contributed by atoms with Crippen LogP contribution in [0.3, 0.4) is 0 Å². The van der Waals surface area contributed by atoms with Crippen LogP contribution < -0.4 is 15.6 Å². The minimum Gasteiger partial charge on any atom is -0.497 e. The number of anilines is 1. The van der Waals surface area contributed by atoms with Gasteiger partial charge in [-0.05, 0) is 48.7 Å². The average Bonchev–Trinajstić information content (AvgIpc) is 2.75. The number of aliphatic carboxylic acids is 1. The summed E-state index contributed by atoms with van der Waals surface area (Å²) in [6.07, 6.45) is 0.745. The molecule has 2 N–H and O–H groups in total. The van der Waals surface area contributed by atoms with Gasteiger partial charge in [0, 0.05) is 31.2 Å². The predicted octanol–water partition coefficient (Wildman–Crippen LogP) is 0.688. The molecule has 11 heteroatoms. The van der Waals surface area contributed by atoms with Crippen LogP contribution in [0.4, 0.5) is 5.69 Å². The largest absolute Gasteiger partial charge is 0.497 e. The van der Waals surface area contributed by atoms with Gasteiger partial charge in [-0.25, -0.2) is 13.2 Å². The first-order chi connectivity index (χ1) is 14.7. The van der Waals surface area contributed by atoms with Crippen molar-refractivity contribution in [1.82, 2.24) is 8.87 Å². The van der Waals surface area contributed by atoms with E-state index in [-0.39, 0.29) is 42.1 Å². The maximum atomic E-state index is 13.1. The highest BCUT2D eigenvalue weighted by atomic mass is 32.2. The van der Waals surface area contributed by atoms with Crippen molar-refractivity contribution in [1.29, 1.82) is 0 Å². The smallest absolute Gasteiger partial charge is 0.394 e. The molecule has 1 amide bonds. The van der Waals surface area contributed by atoms with Crippen LogP contribution in [0.2, 0.25) is 0 Å². The lowest BCUT2D eigenvalue weighted by molar-refractivity contribution is -0.147. The Labute approximate surface area is 178 Å². The normalized spacial score (nSPS) is 20.5. The van der Waals surface area contributed by atoms with Crippen LogP contribution in [0.5, 0.6) is 5.75 Å². The second kappa shape index (κ2) is 7.82. The lowest BCUT2D eigenvalue weighted by Gasteiger charge is -2.42. The summed E-state index contributed by atoms with van der Waals surface area (Å²) in [6.45, 7) is 0.781. The standard InChI is InChI=1S/C20H21N3O7S/c1-30-14-2-4-15(5-3-14)31(28,29)22-9-12-8-13(11-22)17-7-6-16(19(25)23(17)10-12)21-18(24)20(26)27/h2-7,12-13H,8-11H2,1H3,(H,21,24)(H,26,27). The van der Waals surface area contributed by atoms with E-state index in [0.29, 0.717) is 11.4 Å². The number of pyridine rings is 1. The molecule has 2 atom stereocenters. The van der Waals surface area contributed by atoms with Crippen LogP contribution in [0.15, 0.2) is 46.1 Å². The Balaban J connectivity index is 1.61. The van der Waals surface area contributed by atoms with Crippen molar-refractivity contribution in [3.8, 4) is 5.75 Å². The first-order valence-corrected chi connectivity index (χ1v) is 11.1. The minimum absolute atomic E-state index is 0.0811. The lowest BCUT2D eigenvalue weighted by Crippen LogP contribution is -2.49. The number of sulfonamides is 1. The third-order valence-electron chi connectivity index (χ3n) is 5.71. The van der Waals surface area contributed by atoms with E-state index in [0.717, 1.165) is 6.42 Å². The van der Waals surface area contributed by atoms with Gasteiger partial charge in [0.25, 0.3) is 5.56 Å². The lowest BCUT2D eigenvalue weighted by atomic mass is 9.84. The number of ether oxygens (including phenoxy) is 1. The van der Waals surface area contributed by atoms with Gasteiger partial charge in [0.05, 0.1) is 12.0 Å². The molecule has 2 aliphatic rings. The second-order valence-electron chi connectivity index (χ2n) is 7.64. The summed E-state index contributed by atoms with van der Waals surface area (Å²) in [5.74, 6) is -2.67. The van der Waals surface area contributed by atoms with E-state index in [1.165, 1.54) is 34.2 Å². The van der Waals surface area contributed by atoms with Crippen LogP contribution in [-0.2, 0) is 26.2 Å². The molecule has 10 nitrogen and oxygen atoms in total. The zero-order valence-electron chi connectivity index (χ0n) is 16.6. The zero-order valence-corrected chi connectivity index (χ0v) is 17.5. The number of nitrogens with zero attached hydrogens (tertiary/aromatic N) is 2. The average molecular weight is 447 g/mol. The molecule has 0 radical (unpaired) electrons. The highest BCUT2D eigenvalue weighted by molar-refractivity contribution is 7.89. The summed E-state index contributed by atoms with van der Waals surface area (Å²) in [4.78, 5) is 35.1. The first-order valence-electron chi connectivity index (χ1n) is 9.63. The number of carboxylic acids is 1. The molecule has 1 saturated heterocycles. The third-order valence-corrected chi connectivity index (χ3v) is 7.56. The number of fused-ring (bicyclic) bond motifs is 4. The molecule has 4 rings (SSSR count). The number of rotatable bonds is 4. The molecule has 1 fully saturated rings. The van der Waals surface area contributed by atoms with Gasteiger partial charge in [-0.1, -0.05) is 0 Å². The third kappa shape index (κ3) is 3.81. The highest BCUT2D eigenvalue weighted by Crippen LogP contribution is 2.37. The molecule has 1 aromatic heterocycles. The molecule has 0 aliphatic carbocycles. The molecule has 2 aliphatic heterocycles. The van der Waals surface area contributed by atoms with E-state index in [1.807, 2.05) is 0 Å². The van der Waals surface area contributed by atoms with Crippen molar-refractivity contribution in [2.75, 3.05) is 25.5 Å². The first kappa shape index (κ1) is 21.1. The van der Waals surface area contributed by atoms with Crippen molar-refractivity contribution in [2.45, 2.75) is 23.8 Å². The number of aromatic nitrogens is 1.